The molecule has 148 valence electrons. The maximum absolute atomic E-state index is 5.10. The topological polar surface area (TPSA) is 25.8 Å². The SMILES string of the molecule is Cc1ccc2c(c1)sc1c(-c3nc(-c4cccc(Br)c4)nc4ccccc34)cccc12. The summed E-state index contributed by atoms with van der Waals surface area (Å²) in [5.74, 6) is 0.740. The van der Waals surface area contributed by atoms with Crippen LogP contribution in [-0.2, 0) is 0 Å². The van der Waals surface area contributed by atoms with Crippen molar-refractivity contribution in [1.82, 2.24) is 9.97 Å². The van der Waals surface area contributed by atoms with E-state index < -0.39 is 0 Å². The van der Waals surface area contributed by atoms with Crippen LogP contribution in [0.1, 0.15) is 5.56 Å². The zero-order valence-electron chi connectivity index (χ0n) is 16.8. The Hall–Kier alpha value is -3.08. The molecular weight excluding hydrogens is 464 g/mol. The van der Waals surface area contributed by atoms with Crippen LogP contribution in [0.5, 0.6) is 0 Å². The molecule has 2 nitrogen and oxygen atoms in total. The smallest absolute Gasteiger partial charge is 0.160 e. The van der Waals surface area contributed by atoms with E-state index in [1.165, 1.54) is 25.7 Å². The van der Waals surface area contributed by atoms with Gasteiger partial charge in [-0.2, -0.15) is 0 Å². The molecule has 4 aromatic carbocycles. The number of rotatable bonds is 2. The molecule has 6 rings (SSSR count). The number of para-hydroxylation sites is 1. The van der Waals surface area contributed by atoms with E-state index in [9.17, 15) is 0 Å². The van der Waals surface area contributed by atoms with Gasteiger partial charge in [-0.25, -0.2) is 9.97 Å². The van der Waals surface area contributed by atoms with Gasteiger partial charge in [-0.3, -0.25) is 0 Å². The standard InChI is InChI=1S/C27H17BrN2S/c1-16-12-13-19-20-9-5-10-22(26(20)31-24(19)14-16)25-21-8-2-3-11-23(21)29-27(30-25)17-6-4-7-18(28)15-17/h2-15H,1H3. The molecule has 0 saturated heterocycles. The summed E-state index contributed by atoms with van der Waals surface area (Å²) < 4.78 is 3.60. The lowest BCUT2D eigenvalue weighted by Crippen LogP contribution is -1.95. The number of benzene rings is 4. The van der Waals surface area contributed by atoms with E-state index in [4.69, 9.17) is 9.97 Å². The van der Waals surface area contributed by atoms with Gasteiger partial charge >= 0.3 is 0 Å². The Kier molecular flexibility index (Phi) is 4.37. The lowest BCUT2D eigenvalue weighted by atomic mass is 10.0. The Morgan fingerprint density at radius 1 is 0.742 bits per heavy atom. The lowest BCUT2D eigenvalue weighted by Gasteiger charge is -2.10. The van der Waals surface area contributed by atoms with Crippen molar-refractivity contribution in [2.24, 2.45) is 0 Å². The minimum Gasteiger partial charge on any atom is -0.228 e. The summed E-state index contributed by atoms with van der Waals surface area (Å²) in [4.78, 5) is 9.97. The van der Waals surface area contributed by atoms with E-state index >= 15 is 0 Å². The van der Waals surface area contributed by atoms with Crippen LogP contribution in [0.25, 0.3) is 53.7 Å². The number of fused-ring (bicyclic) bond motifs is 4. The molecule has 4 heteroatoms. The number of nitrogens with zero attached hydrogens (tertiary/aromatic N) is 2. The van der Waals surface area contributed by atoms with Gasteiger partial charge in [0, 0.05) is 41.2 Å². The molecule has 31 heavy (non-hydrogen) atoms. The fourth-order valence-corrected chi connectivity index (χ4v) is 5.85. The lowest BCUT2D eigenvalue weighted by molar-refractivity contribution is 1.23. The molecule has 0 spiro atoms. The molecule has 0 aliphatic heterocycles. The van der Waals surface area contributed by atoms with Crippen molar-refractivity contribution in [1.29, 1.82) is 0 Å². The minimum atomic E-state index is 0.740. The number of hydrogen-bond donors (Lipinski definition) is 0. The summed E-state index contributed by atoms with van der Waals surface area (Å²) in [7, 11) is 0. The first-order valence-electron chi connectivity index (χ1n) is 10.1. The molecule has 0 atom stereocenters. The van der Waals surface area contributed by atoms with E-state index in [0.29, 0.717) is 0 Å². The van der Waals surface area contributed by atoms with Crippen molar-refractivity contribution in [3.63, 3.8) is 0 Å². The average Bonchev–Trinajstić information content (AvgIpc) is 3.16. The minimum absolute atomic E-state index is 0.740. The first-order chi connectivity index (χ1) is 15.2. The van der Waals surface area contributed by atoms with Crippen LogP contribution >= 0.6 is 27.3 Å². The van der Waals surface area contributed by atoms with Gasteiger partial charge in [0.05, 0.1) is 11.2 Å². The number of hydrogen-bond acceptors (Lipinski definition) is 3. The van der Waals surface area contributed by atoms with Gasteiger partial charge in [-0.05, 0) is 36.8 Å². The van der Waals surface area contributed by atoms with Crippen LogP contribution in [0.15, 0.2) is 89.4 Å². The van der Waals surface area contributed by atoms with Crippen molar-refractivity contribution in [2.45, 2.75) is 6.92 Å². The Morgan fingerprint density at radius 2 is 1.58 bits per heavy atom. The van der Waals surface area contributed by atoms with E-state index in [1.807, 2.05) is 29.5 Å². The second kappa shape index (κ2) is 7.26. The fourth-order valence-electron chi connectivity index (χ4n) is 4.13. The predicted octanol–water partition coefficient (Wildman–Crippen LogP) is 8.40. The molecule has 0 unspecified atom stereocenters. The molecular formula is C27H17BrN2S. The molecule has 2 aromatic heterocycles. The van der Waals surface area contributed by atoms with E-state index in [-0.39, 0.29) is 0 Å². The normalized spacial score (nSPS) is 11.5. The van der Waals surface area contributed by atoms with Crippen LogP contribution in [0.3, 0.4) is 0 Å². The highest BCUT2D eigenvalue weighted by molar-refractivity contribution is 9.10. The quantitative estimate of drug-likeness (QED) is 0.248. The van der Waals surface area contributed by atoms with Gasteiger partial charge < -0.3 is 0 Å². The van der Waals surface area contributed by atoms with Crippen LogP contribution in [-0.4, -0.2) is 9.97 Å². The van der Waals surface area contributed by atoms with Crippen LogP contribution in [0, 0.1) is 6.92 Å². The Morgan fingerprint density at radius 3 is 2.48 bits per heavy atom. The summed E-state index contributed by atoms with van der Waals surface area (Å²) in [6, 6.07) is 29.7. The molecule has 0 fully saturated rings. The maximum atomic E-state index is 5.10. The van der Waals surface area contributed by atoms with Crippen molar-refractivity contribution in [3.05, 3.63) is 95.0 Å². The highest BCUT2D eigenvalue weighted by Gasteiger charge is 2.16. The van der Waals surface area contributed by atoms with Crippen LogP contribution in [0.2, 0.25) is 0 Å². The number of aromatic nitrogens is 2. The largest absolute Gasteiger partial charge is 0.228 e. The zero-order valence-corrected chi connectivity index (χ0v) is 19.2. The molecule has 0 aliphatic rings. The van der Waals surface area contributed by atoms with Crippen molar-refractivity contribution in [3.8, 4) is 22.6 Å². The second-order valence-electron chi connectivity index (χ2n) is 7.71. The first-order valence-corrected chi connectivity index (χ1v) is 11.7. The molecule has 0 saturated carbocycles. The first kappa shape index (κ1) is 18.7. The summed E-state index contributed by atoms with van der Waals surface area (Å²) in [5.41, 5.74) is 5.38. The van der Waals surface area contributed by atoms with Gasteiger partial charge in [0.25, 0.3) is 0 Å². The number of halogens is 1. The third kappa shape index (κ3) is 3.14. The van der Waals surface area contributed by atoms with Gasteiger partial charge in [0.15, 0.2) is 5.82 Å². The molecule has 0 bridgehead atoms. The van der Waals surface area contributed by atoms with Gasteiger partial charge in [-0.1, -0.05) is 76.6 Å². The third-order valence-corrected chi connectivity index (χ3v) is 7.29. The summed E-state index contributed by atoms with van der Waals surface area (Å²) in [6.45, 7) is 2.15. The van der Waals surface area contributed by atoms with Gasteiger partial charge in [-0.15, -0.1) is 11.3 Å². The van der Waals surface area contributed by atoms with Crippen LogP contribution in [0.4, 0.5) is 0 Å². The van der Waals surface area contributed by atoms with E-state index in [0.717, 1.165) is 38.0 Å². The zero-order chi connectivity index (χ0) is 20.9. The van der Waals surface area contributed by atoms with Crippen LogP contribution < -0.4 is 0 Å². The maximum Gasteiger partial charge on any atom is 0.160 e. The van der Waals surface area contributed by atoms with Gasteiger partial charge in [0.1, 0.15) is 0 Å². The Balaban J connectivity index is 1.69. The molecule has 0 amide bonds. The van der Waals surface area contributed by atoms with Crippen molar-refractivity contribution in [2.75, 3.05) is 0 Å². The fraction of sp³-hybridized carbons (Fsp3) is 0.0370. The number of aryl methyl sites for hydroxylation is 1. The molecule has 6 aromatic rings. The Bertz CT molecular complexity index is 1620. The van der Waals surface area contributed by atoms with E-state index in [2.05, 4.69) is 89.6 Å². The average molecular weight is 481 g/mol. The molecule has 0 aliphatic carbocycles. The molecule has 2 heterocycles. The van der Waals surface area contributed by atoms with Gasteiger partial charge in [0.2, 0.25) is 0 Å². The Labute approximate surface area is 192 Å². The predicted molar refractivity (Wildman–Crippen MR) is 136 cm³/mol. The highest BCUT2D eigenvalue weighted by Crippen LogP contribution is 2.41. The number of thiophene rings is 1. The van der Waals surface area contributed by atoms with E-state index in [1.54, 1.807) is 0 Å². The summed E-state index contributed by atoms with van der Waals surface area (Å²) in [5, 5.41) is 3.66. The third-order valence-electron chi connectivity index (χ3n) is 5.60. The summed E-state index contributed by atoms with van der Waals surface area (Å²) >= 11 is 5.42. The van der Waals surface area contributed by atoms with Crippen molar-refractivity contribution >= 4 is 58.3 Å². The molecule has 0 radical (unpaired) electrons. The highest BCUT2D eigenvalue weighted by atomic mass is 79.9. The second-order valence-corrected chi connectivity index (χ2v) is 9.68. The van der Waals surface area contributed by atoms with Crippen molar-refractivity contribution < 1.29 is 0 Å². The summed E-state index contributed by atoms with van der Waals surface area (Å²) in [6.07, 6.45) is 0. The monoisotopic (exact) mass is 480 g/mol. The molecule has 0 N–H and O–H groups in total.